The van der Waals surface area contributed by atoms with Crippen LogP contribution in [0.4, 0.5) is 18.9 Å². The van der Waals surface area contributed by atoms with Gasteiger partial charge in [-0.2, -0.15) is 0 Å². The number of hydrogen-bond acceptors (Lipinski definition) is 3. The Bertz CT molecular complexity index is 334. The van der Waals surface area contributed by atoms with Gasteiger partial charge in [-0.25, -0.2) is 4.98 Å². The Balaban J connectivity index is 3.09. The van der Waals surface area contributed by atoms with Gasteiger partial charge in [-0.1, -0.05) is 11.6 Å². The van der Waals surface area contributed by atoms with Crippen LogP contribution in [0.5, 0.6) is 5.75 Å². The molecule has 0 saturated heterocycles. The van der Waals surface area contributed by atoms with Crippen LogP contribution in [-0.2, 0) is 0 Å². The van der Waals surface area contributed by atoms with Gasteiger partial charge in [0, 0.05) is 0 Å². The molecule has 1 heterocycles. The average Bonchev–Trinajstić information content (AvgIpc) is 1.95. The average molecular weight is 291 g/mol. The minimum Gasteiger partial charge on any atom is -0.400 e. The Hall–Kier alpha value is -0.690. The summed E-state index contributed by atoms with van der Waals surface area (Å²) in [5.41, 5.74) is 5.01. The largest absolute Gasteiger partial charge is 0.573 e. The van der Waals surface area contributed by atoms with E-state index >= 15 is 0 Å². The summed E-state index contributed by atoms with van der Waals surface area (Å²) in [6.07, 6.45) is -4.84. The summed E-state index contributed by atoms with van der Waals surface area (Å²) >= 11 is 8.31. The summed E-state index contributed by atoms with van der Waals surface area (Å²) in [6.45, 7) is 0. The predicted octanol–water partition coefficient (Wildman–Crippen LogP) is 2.98. The lowest BCUT2D eigenvalue weighted by atomic mass is 10.4. The van der Waals surface area contributed by atoms with Crippen LogP contribution in [0.1, 0.15) is 0 Å². The second-order valence-electron chi connectivity index (χ2n) is 2.20. The van der Waals surface area contributed by atoms with Gasteiger partial charge >= 0.3 is 6.36 Å². The quantitative estimate of drug-likeness (QED) is 0.809. The maximum Gasteiger partial charge on any atom is 0.573 e. The molecule has 0 aliphatic carbocycles. The first-order chi connectivity index (χ1) is 6.29. The normalized spacial score (nSPS) is 11.5. The van der Waals surface area contributed by atoms with Gasteiger partial charge < -0.3 is 10.5 Å². The van der Waals surface area contributed by atoms with Gasteiger partial charge in [-0.3, -0.25) is 0 Å². The van der Waals surface area contributed by atoms with E-state index in [1.165, 1.54) is 0 Å². The fourth-order valence-electron chi connectivity index (χ4n) is 0.707. The van der Waals surface area contributed by atoms with E-state index in [1.54, 1.807) is 0 Å². The van der Waals surface area contributed by atoms with E-state index in [4.69, 9.17) is 17.3 Å². The highest BCUT2D eigenvalue weighted by Gasteiger charge is 2.33. The van der Waals surface area contributed by atoms with Gasteiger partial charge in [0.2, 0.25) is 0 Å². The number of anilines is 1. The number of alkyl halides is 3. The molecule has 0 atom stereocenters. The van der Waals surface area contributed by atoms with E-state index < -0.39 is 17.3 Å². The van der Waals surface area contributed by atoms with Crippen molar-refractivity contribution in [3.8, 4) is 5.75 Å². The fourth-order valence-corrected chi connectivity index (χ4v) is 1.47. The third-order valence-electron chi connectivity index (χ3n) is 1.15. The number of hydrogen-bond donors (Lipinski definition) is 1. The molecule has 0 unspecified atom stereocenters. The summed E-state index contributed by atoms with van der Waals surface area (Å²) in [5, 5.41) is -0.450. The van der Waals surface area contributed by atoms with Crippen molar-refractivity contribution in [3.05, 3.63) is 15.8 Å². The van der Waals surface area contributed by atoms with Crippen LogP contribution in [0.15, 0.2) is 10.7 Å². The molecule has 0 spiro atoms. The number of nitrogen functional groups attached to an aromatic ring is 1. The van der Waals surface area contributed by atoms with Crippen LogP contribution in [0, 0.1) is 0 Å². The molecule has 0 aromatic carbocycles. The maximum atomic E-state index is 11.8. The molecule has 0 radical (unpaired) electrons. The van der Waals surface area contributed by atoms with Gasteiger partial charge in [0.15, 0.2) is 10.9 Å². The van der Waals surface area contributed by atoms with Crippen LogP contribution in [-0.4, -0.2) is 11.3 Å². The molecule has 1 rings (SSSR count). The highest BCUT2D eigenvalue weighted by molar-refractivity contribution is 9.10. The predicted molar refractivity (Wildman–Crippen MR) is 48.0 cm³/mol. The Morgan fingerprint density at radius 3 is 2.50 bits per heavy atom. The molecule has 14 heavy (non-hydrogen) atoms. The lowest BCUT2D eigenvalue weighted by molar-refractivity contribution is -0.274. The summed E-state index contributed by atoms with van der Waals surface area (Å²) in [4.78, 5) is 3.50. The molecule has 0 bridgehead atoms. The van der Waals surface area contributed by atoms with Gasteiger partial charge in [-0.05, 0) is 22.0 Å². The van der Waals surface area contributed by atoms with Crippen molar-refractivity contribution in [2.75, 3.05) is 5.73 Å². The summed E-state index contributed by atoms with van der Waals surface area (Å²) in [7, 11) is 0. The van der Waals surface area contributed by atoms with Gasteiger partial charge in [-0.15, -0.1) is 13.2 Å². The van der Waals surface area contributed by atoms with Crippen molar-refractivity contribution in [3.63, 3.8) is 0 Å². The zero-order chi connectivity index (χ0) is 10.9. The SMILES string of the molecule is Nc1cc(Br)nc(Cl)c1OC(F)(F)F. The Labute approximate surface area is 90.1 Å². The van der Waals surface area contributed by atoms with Crippen LogP contribution in [0.2, 0.25) is 5.15 Å². The number of pyridine rings is 1. The van der Waals surface area contributed by atoms with Crippen LogP contribution in [0.25, 0.3) is 0 Å². The van der Waals surface area contributed by atoms with E-state index in [9.17, 15) is 13.2 Å². The van der Waals surface area contributed by atoms with Crippen molar-refractivity contribution < 1.29 is 17.9 Å². The summed E-state index contributed by atoms with van der Waals surface area (Å²) in [6, 6.07) is 1.16. The fraction of sp³-hybridized carbons (Fsp3) is 0.167. The molecule has 3 nitrogen and oxygen atoms in total. The summed E-state index contributed by atoms with van der Waals surface area (Å²) < 4.78 is 39.3. The van der Waals surface area contributed by atoms with Crippen LogP contribution >= 0.6 is 27.5 Å². The van der Waals surface area contributed by atoms with Gasteiger partial charge in [0.1, 0.15) is 4.60 Å². The van der Waals surface area contributed by atoms with E-state index in [2.05, 4.69) is 25.7 Å². The van der Waals surface area contributed by atoms with Crippen molar-refractivity contribution in [2.24, 2.45) is 0 Å². The maximum absolute atomic E-state index is 11.8. The second kappa shape index (κ2) is 3.82. The third kappa shape index (κ3) is 2.91. The Kier molecular flexibility index (Phi) is 3.10. The lowest BCUT2D eigenvalue weighted by Crippen LogP contribution is -2.18. The lowest BCUT2D eigenvalue weighted by Gasteiger charge is -2.11. The third-order valence-corrected chi connectivity index (χ3v) is 1.81. The van der Waals surface area contributed by atoms with E-state index in [1.807, 2.05) is 0 Å². The molecule has 0 saturated carbocycles. The smallest absolute Gasteiger partial charge is 0.400 e. The number of nitrogens with zero attached hydrogens (tertiary/aromatic N) is 1. The van der Waals surface area contributed by atoms with Crippen molar-refractivity contribution in [1.29, 1.82) is 0 Å². The Morgan fingerprint density at radius 2 is 2.07 bits per heavy atom. The minimum atomic E-state index is -4.84. The molecule has 1 aromatic heterocycles. The molecule has 8 heteroatoms. The molecule has 78 valence electrons. The molecule has 0 fully saturated rings. The van der Waals surface area contributed by atoms with Crippen molar-refractivity contribution in [2.45, 2.75) is 6.36 Å². The van der Waals surface area contributed by atoms with Crippen molar-refractivity contribution in [1.82, 2.24) is 4.98 Å². The summed E-state index contributed by atoms with van der Waals surface area (Å²) in [5.74, 6) is -0.692. The first-order valence-electron chi connectivity index (χ1n) is 3.17. The Morgan fingerprint density at radius 1 is 1.50 bits per heavy atom. The van der Waals surface area contributed by atoms with E-state index in [0.717, 1.165) is 6.07 Å². The monoisotopic (exact) mass is 290 g/mol. The molecule has 0 amide bonds. The second-order valence-corrected chi connectivity index (χ2v) is 3.37. The highest BCUT2D eigenvalue weighted by Crippen LogP contribution is 2.35. The number of aromatic nitrogens is 1. The van der Waals surface area contributed by atoms with E-state index in [-0.39, 0.29) is 10.3 Å². The van der Waals surface area contributed by atoms with Crippen molar-refractivity contribution >= 4 is 33.2 Å². The number of ether oxygens (including phenoxy) is 1. The molecule has 0 aliphatic heterocycles. The van der Waals surface area contributed by atoms with Gasteiger partial charge in [0.05, 0.1) is 5.69 Å². The van der Waals surface area contributed by atoms with Gasteiger partial charge in [0.25, 0.3) is 0 Å². The number of nitrogens with two attached hydrogens (primary N) is 1. The zero-order valence-corrected chi connectivity index (χ0v) is 8.74. The topological polar surface area (TPSA) is 48.1 Å². The van der Waals surface area contributed by atoms with E-state index in [0.29, 0.717) is 0 Å². The zero-order valence-electron chi connectivity index (χ0n) is 6.40. The molecule has 2 N–H and O–H groups in total. The molecular weight excluding hydrogens is 288 g/mol. The molecular formula is C6H3BrClF3N2O. The molecule has 1 aromatic rings. The van der Waals surface area contributed by atoms with Crippen LogP contribution in [0.3, 0.4) is 0 Å². The minimum absolute atomic E-state index is 0.231. The number of rotatable bonds is 1. The number of halogens is 5. The standard InChI is InChI=1S/C6H3BrClF3N2O/c7-3-1-2(12)4(5(8)13-3)14-6(9,10)11/h1H,(H2,12,13). The van der Waals surface area contributed by atoms with Crippen LogP contribution < -0.4 is 10.5 Å². The first kappa shape index (κ1) is 11.4. The molecule has 0 aliphatic rings. The first-order valence-corrected chi connectivity index (χ1v) is 4.34. The highest BCUT2D eigenvalue weighted by atomic mass is 79.9.